The average molecular weight is 617 g/mol. The van der Waals surface area contributed by atoms with Gasteiger partial charge in [-0.3, -0.25) is 0 Å². The highest BCUT2D eigenvalue weighted by atomic mass is 16.5. The molecular weight excluding hydrogens is 585 g/mol. The van der Waals surface area contributed by atoms with Gasteiger partial charge in [-0.1, -0.05) is 126 Å². The van der Waals surface area contributed by atoms with E-state index in [1.165, 1.54) is 59.8 Å². The van der Waals surface area contributed by atoms with Crippen LogP contribution in [-0.2, 0) is 0 Å². The predicted octanol–water partition coefficient (Wildman–Crippen LogP) is 12.7. The number of aromatic nitrogens is 1. The predicted molar refractivity (Wildman–Crippen MR) is 202 cm³/mol. The molecule has 48 heavy (non-hydrogen) atoms. The molecule has 3 nitrogen and oxygen atoms in total. The third kappa shape index (κ3) is 4.55. The van der Waals surface area contributed by atoms with E-state index in [9.17, 15) is 0 Å². The fraction of sp³-hybridized carbons (Fsp3) is 0.0444. The summed E-state index contributed by atoms with van der Waals surface area (Å²) in [7, 11) is 0. The van der Waals surface area contributed by atoms with Crippen molar-refractivity contribution in [2.75, 3.05) is 4.90 Å². The van der Waals surface area contributed by atoms with Gasteiger partial charge in [-0.15, -0.1) is 0 Å². The van der Waals surface area contributed by atoms with E-state index in [2.05, 4.69) is 168 Å². The summed E-state index contributed by atoms with van der Waals surface area (Å²) < 4.78 is 5.66. The third-order valence-electron chi connectivity index (χ3n) is 9.61. The van der Waals surface area contributed by atoms with Crippen molar-refractivity contribution in [1.82, 2.24) is 5.16 Å². The van der Waals surface area contributed by atoms with Crippen LogP contribution in [0, 0.1) is 13.8 Å². The highest BCUT2D eigenvalue weighted by molar-refractivity contribution is 6.21. The van der Waals surface area contributed by atoms with Gasteiger partial charge < -0.3 is 9.42 Å². The zero-order valence-corrected chi connectivity index (χ0v) is 26.8. The lowest BCUT2D eigenvalue weighted by Crippen LogP contribution is -2.09. The standard InChI is InChI=1S/C45H32N2O/c1-29-43(30(2)48-46-29)45-41-17-9-7-15-39(41)44(40-16-8-10-18-42(40)45)33-21-23-36(24-22-33)47(37-25-19-31-11-3-5-13-34(31)27-37)38-26-20-32-12-4-6-14-35(32)28-38/h3-28H,1-2H3. The van der Waals surface area contributed by atoms with Crippen LogP contribution in [-0.4, -0.2) is 5.16 Å². The van der Waals surface area contributed by atoms with Crippen molar-refractivity contribution < 1.29 is 4.52 Å². The van der Waals surface area contributed by atoms with Gasteiger partial charge in [-0.25, -0.2) is 0 Å². The van der Waals surface area contributed by atoms with Crippen LogP contribution in [0.5, 0.6) is 0 Å². The van der Waals surface area contributed by atoms with Crippen LogP contribution < -0.4 is 4.90 Å². The molecule has 0 aliphatic rings. The van der Waals surface area contributed by atoms with Crippen molar-refractivity contribution in [3.8, 4) is 22.3 Å². The molecule has 0 aliphatic heterocycles. The van der Waals surface area contributed by atoms with Gasteiger partial charge in [-0.05, 0) is 104 Å². The fourth-order valence-electron chi connectivity index (χ4n) is 7.40. The summed E-state index contributed by atoms with van der Waals surface area (Å²) in [6, 6.07) is 57.0. The Morgan fingerprint density at radius 3 is 1.33 bits per heavy atom. The van der Waals surface area contributed by atoms with E-state index in [0.717, 1.165) is 34.1 Å². The van der Waals surface area contributed by atoms with E-state index in [0.29, 0.717) is 0 Å². The molecule has 0 spiro atoms. The molecule has 0 saturated heterocycles. The summed E-state index contributed by atoms with van der Waals surface area (Å²) in [5.74, 6) is 0.836. The normalized spacial score (nSPS) is 11.5. The van der Waals surface area contributed by atoms with Gasteiger partial charge in [0.05, 0.1) is 5.69 Å². The maximum Gasteiger partial charge on any atom is 0.141 e. The van der Waals surface area contributed by atoms with Gasteiger partial charge in [0.25, 0.3) is 0 Å². The van der Waals surface area contributed by atoms with Crippen LogP contribution in [0.4, 0.5) is 17.1 Å². The fourth-order valence-corrected chi connectivity index (χ4v) is 7.40. The summed E-state index contributed by atoms with van der Waals surface area (Å²) in [5, 5.41) is 14.0. The Bertz CT molecular complexity index is 2490. The first kappa shape index (κ1) is 28.1. The van der Waals surface area contributed by atoms with E-state index >= 15 is 0 Å². The molecule has 0 amide bonds. The van der Waals surface area contributed by atoms with E-state index in [-0.39, 0.29) is 0 Å². The Balaban J connectivity index is 1.24. The molecule has 0 atom stereocenters. The maximum absolute atomic E-state index is 5.66. The molecule has 0 N–H and O–H groups in total. The van der Waals surface area contributed by atoms with E-state index in [1.54, 1.807) is 0 Å². The average Bonchev–Trinajstić information content (AvgIpc) is 3.47. The molecular formula is C45H32N2O. The van der Waals surface area contributed by atoms with Crippen molar-refractivity contribution in [2.24, 2.45) is 0 Å². The summed E-state index contributed by atoms with van der Waals surface area (Å²) in [6.07, 6.45) is 0. The minimum absolute atomic E-state index is 0.836. The van der Waals surface area contributed by atoms with Gasteiger partial charge in [0.15, 0.2) is 0 Å². The zero-order chi connectivity index (χ0) is 32.2. The molecule has 0 fully saturated rings. The number of aryl methyl sites for hydroxylation is 2. The molecule has 3 heteroatoms. The van der Waals surface area contributed by atoms with Gasteiger partial charge in [-0.2, -0.15) is 0 Å². The zero-order valence-electron chi connectivity index (χ0n) is 26.8. The molecule has 0 radical (unpaired) electrons. The lowest BCUT2D eigenvalue weighted by Gasteiger charge is -2.26. The maximum atomic E-state index is 5.66. The molecule has 228 valence electrons. The molecule has 0 saturated carbocycles. The third-order valence-corrected chi connectivity index (χ3v) is 9.61. The summed E-state index contributed by atoms with van der Waals surface area (Å²) >= 11 is 0. The van der Waals surface area contributed by atoms with Gasteiger partial charge in [0, 0.05) is 28.2 Å². The molecule has 9 aromatic rings. The first-order valence-electron chi connectivity index (χ1n) is 16.4. The van der Waals surface area contributed by atoms with Crippen LogP contribution in [0.25, 0.3) is 65.3 Å². The lowest BCUT2D eigenvalue weighted by atomic mass is 9.85. The van der Waals surface area contributed by atoms with Crippen molar-refractivity contribution in [3.05, 3.63) is 169 Å². The lowest BCUT2D eigenvalue weighted by molar-refractivity contribution is 0.393. The second-order valence-electron chi connectivity index (χ2n) is 12.5. The SMILES string of the molecule is Cc1noc(C)c1-c1c2ccccc2c(-c2ccc(N(c3ccc4ccccc4c3)c3ccc4ccccc4c3)cc2)c2ccccc12. The number of rotatable bonds is 5. The monoisotopic (exact) mass is 616 g/mol. The number of fused-ring (bicyclic) bond motifs is 4. The molecule has 0 unspecified atom stereocenters. The Kier molecular flexibility index (Phi) is 6.58. The van der Waals surface area contributed by atoms with Crippen LogP contribution in [0.15, 0.2) is 162 Å². The summed E-state index contributed by atoms with van der Waals surface area (Å²) in [4.78, 5) is 2.36. The minimum atomic E-state index is 0.836. The molecule has 8 aromatic carbocycles. The Morgan fingerprint density at radius 1 is 0.417 bits per heavy atom. The Labute approximate surface area is 279 Å². The minimum Gasteiger partial charge on any atom is -0.361 e. The van der Waals surface area contributed by atoms with Crippen molar-refractivity contribution >= 4 is 60.2 Å². The van der Waals surface area contributed by atoms with Gasteiger partial charge >= 0.3 is 0 Å². The van der Waals surface area contributed by atoms with Gasteiger partial charge in [0.2, 0.25) is 0 Å². The second kappa shape index (κ2) is 11.3. The highest BCUT2D eigenvalue weighted by Gasteiger charge is 2.21. The number of hydrogen-bond donors (Lipinski definition) is 0. The number of nitrogens with zero attached hydrogens (tertiary/aromatic N) is 2. The van der Waals surface area contributed by atoms with E-state index in [4.69, 9.17) is 4.52 Å². The van der Waals surface area contributed by atoms with Crippen molar-refractivity contribution in [3.63, 3.8) is 0 Å². The van der Waals surface area contributed by atoms with Crippen LogP contribution in [0.2, 0.25) is 0 Å². The smallest absolute Gasteiger partial charge is 0.141 e. The summed E-state index contributed by atoms with van der Waals surface area (Å²) in [5.41, 5.74) is 8.91. The van der Waals surface area contributed by atoms with Crippen LogP contribution >= 0.6 is 0 Å². The topological polar surface area (TPSA) is 29.3 Å². The van der Waals surface area contributed by atoms with Crippen molar-refractivity contribution in [2.45, 2.75) is 13.8 Å². The van der Waals surface area contributed by atoms with Gasteiger partial charge in [0.1, 0.15) is 5.76 Å². The first-order valence-corrected chi connectivity index (χ1v) is 16.4. The number of benzene rings is 8. The van der Waals surface area contributed by atoms with Crippen molar-refractivity contribution in [1.29, 1.82) is 0 Å². The van der Waals surface area contributed by atoms with Crippen LogP contribution in [0.3, 0.4) is 0 Å². The largest absolute Gasteiger partial charge is 0.361 e. The van der Waals surface area contributed by atoms with E-state index in [1.807, 2.05) is 13.8 Å². The number of anilines is 3. The first-order chi connectivity index (χ1) is 23.6. The molecule has 1 aromatic heterocycles. The number of hydrogen-bond acceptors (Lipinski definition) is 3. The Hall–Kier alpha value is -6.19. The Morgan fingerprint density at radius 2 is 0.854 bits per heavy atom. The second-order valence-corrected chi connectivity index (χ2v) is 12.5. The highest BCUT2D eigenvalue weighted by Crippen LogP contribution is 2.46. The van der Waals surface area contributed by atoms with Crippen LogP contribution in [0.1, 0.15) is 11.5 Å². The molecule has 9 rings (SSSR count). The summed E-state index contributed by atoms with van der Waals surface area (Å²) in [6.45, 7) is 4.03. The molecule has 0 aliphatic carbocycles. The molecule has 0 bridgehead atoms. The molecule has 1 heterocycles. The van der Waals surface area contributed by atoms with E-state index < -0.39 is 0 Å². The quantitative estimate of drug-likeness (QED) is 0.180.